The molecule has 0 fully saturated rings. The van der Waals surface area contributed by atoms with Crippen LogP contribution < -0.4 is 14.2 Å². The zero-order chi connectivity index (χ0) is 29.7. The molecule has 12 heteroatoms. The predicted octanol–water partition coefficient (Wildman–Crippen LogP) is 2.79. The summed E-state index contributed by atoms with van der Waals surface area (Å²) in [5, 5.41) is 95.1. The maximum Gasteiger partial charge on any atom is 0.305 e. The molecule has 216 valence electrons. The van der Waals surface area contributed by atoms with Gasteiger partial charge in [0, 0.05) is 46.9 Å². The van der Waals surface area contributed by atoms with Crippen molar-refractivity contribution in [2.24, 2.45) is 0 Å². The molecule has 0 aliphatic carbocycles. The molecule has 0 saturated heterocycles. The van der Waals surface area contributed by atoms with Gasteiger partial charge in [0.15, 0.2) is 23.0 Å². The van der Waals surface area contributed by atoms with Gasteiger partial charge in [-0.25, -0.2) is 0 Å². The second-order valence-corrected chi connectivity index (χ2v) is 10.5. The number of hydrogen-bond acceptors (Lipinski definition) is 12. The van der Waals surface area contributed by atoms with Crippen LogP contribution in [0.1, 0.15) is 39.8 Å². The number of fused-ring (bicyclic) bond motifs is 7. The van der Waals surface area contributed by atoms with Gasteiger partial charge in [-0.1, -0.05) is 6.07 Å². The highest BCUT2D eigenvalue weighted by Gasteiger charge is 2.59. The number of rotatable bonds is 2. The first-order chi connectivity index (χ1) is 20.0. The van der Waals surface area contributed by atoms with E-state index in [1.807, 2.05) is 0 Å². The van der Waals surface area contributed by atoms with E-state index in [9.17, 15) is 46.0 Å². The molecule has 0 saturated carbocycles. The monoisotopic (exact) mass is 576 g/mol. The van der Waals surface area contributed by atoms with Crippen LogP contribution in [-0.2, 0) is 12.2 Å². The summed E-state index contributed by atoms with van der Waals surface area (Å²) in [6.07, 6.45) is -3.93. The van der Waals surface area contributed by atoms with Crippen molar-refractivity contribution < 1.29 is 60.2 Å². The minimum atomic E-state index is -2.09. The third kappa shape index (κ3) is 3.49. The Hall–Kier alpha value is -5.20. The Balaban J connectivity index is 1.43. The summed E-state index contributed by atoms with van der Waals surface area (Å²) in [7, 11) is 0. The SMILES string of the molecule is Oc1cc(O)c2c(c1)O[C@@]1(c3ccc(O)c(O)c3)Oc3cc4c(c(O)c3[C@@H]2[C@@H]1O)C[C@H](O)[C@@H](c1ccc(O)c(O)c1)O4. The van der Waals surface area contributed by atoms with Crippen LogP contribution in [0.4, 0.5) is 0 Å². The minimum Gasteiger partial charge on any atom is -0.508 e. The van der Waals surface area contributed by atoms with Crippen LogP contribution in [0.5, 0.6) is 57.5 Å². The molecule has 0 unspecified atom stereocenters. The Kier molecular flexibility index (Phi) is 5.30. The number of aromatic hydroxyl groups is 7. The van der Waals surface area contributed by atoms with Crippen molar-refractivity contribution in [3.8, 4) is 57.5 Å². The molecule has 5 atom stereocenters. The number of phenols is 7. The van der Waals surface area contributed by atoms with Gasteiger partial charge in [-0.3, -0.25) is 0 Å². The minimum absolute atomic E-state index is 0.0177. The topological polar surface area (TPSA) is 210 Å². The van der Waals surface area contributed by atoms with Gasteiger partial charge >= 0.3 is 5.79 Å². The largest absolute Gasteiger partial charge is 0.508 e. The van der Waals surface area contributed by atoms with Crippen LogP contribution in [0.2, 0.25) is 0 Å². The fourth-order valence-electron chi connectivity index (χ4n) is 6.08. The molecule has 4 aromatic rings. The maximum atomic E-state index is 11.8. The summed E-state index contributed by atoms with van der Waals surface area (Å²) < 4.78 is 18.4. The molecule has 7 rings (SSSR count). The van der Waals surface area contributed by atoms with Crippen molar-refractivity contribution in [3.63, 3.8) is 0 Å². The van der Waals surface area contributed by atoms with E-state index in [1.165, 1.54) is 42.5 Å². The summed E-state index contributed by atoms with van der Waals surface area (Å²) in [5.74, 6) is -6.12. The zero-order valence-corrected chi connectivity index (χ0v) is 21.5. The lowest BCUT2D eigenvalue weighted by atomic mass is 9.74. The lowest BCUT2D eigenvalue weighted by Crippen LogP contribution is -2.57. The highest BCUT2D eigenvalue weighted by molar-refractivity contribution is 5.67. The molecule has 9 N–H and O–H groups in total. The summed E-state index contributed by atoms with van der Waals surface area (Å²) in [6.45, 7) is 0. The van der Waals surface area contributed by atoms with Gasteiger partial charge in [-0.15, -0.1) is 0 Å². The van der Waals surface area contributed by atoms with Gasteiger partial charge in [0.1, 0.15) is 46.7 Å². The fourth-order valence-corrected chi connectivity index (χ4v) is 6.08. The van der Waals surface area contributed by atoms with Gasteiger partial charge in [0.05, 0.1) is 12.0 Å². The Morgan fingerprint density at radius 1 is 0.643 bits per heavy atom. The van der Waals surface area contributed by atoms with E-state index in [2.05, 4.69) is 0 Å². The number of aliphatic hydroxyl groups excluding tert-OH is 2. The second-order valence-electron chi connectivity index (χ2n) is 10.5. The lowest BCUT2D eigenvalue weighted by molar-refractivity contribution is -0.218. The van der Waals surface area contributed by atoms with Crippen LogP contribution in [0.25, 0.3) is 0 Å². The standard InChI is InChI=1S/C30H24O12/c31-13-7-19(36)24-22(8-13)41-30(12-2-4-16(33)18(35)6-12)29(39)26(24)25-23(42-30)10-21-14(27(25)38)9-20(37)28(40-21)11-1-3-15(32)17(34)5-11/h1-8,10,20,26,28-29,31-39H,9H2/t20-,26+,28+,29-,30-/m0/s1. The summed E-state index contributed by atoms with van der Waals surface area (Å²) in [5.41, 5.74) is 0.722. The van der Waals surface area contributed by atoms with Crippen molar-refractivity contribution in [2.75, 3.05) is 0 Å². The Morgan fingerprint density at radius 3 is 2.00 bits per heavy atom. The molecule has 0 spiro atoms. The molecule has 12 nitrogen and oxygen atoms in total. The molecule has 42 heavy (non-hydrogen) atoms. The normalized spacial score (nSPS) is 25.2. The number of aliphatic hydroxyl groups is 2. The van der Waals surface area contributed by atoms with Gasteiger partial charge in [-0.2, -0.15) is 0 Å². The molecule has 0 aromatic heterocycles. The number of hydrogen-bond donors (Lipinski definition) is 9. The maximum absolute atomic E-state index is 11.8. The van der Waals surface area contributed by atoms with Gasteiger partial charge in [0.2, 0.25) is 0 Å². The van der Waals surface area contributed by atoms with Gasteiger partial charge < -0.3 is 60.2 Å². The van der Waals surface area contributed by atoms with Crippen molar-refractivity contribution in [2.45, 2.75) is 36.4 Å². The first kappa shape index (κ1) is 25.7. The van der Waals surface area contributed by atoms with Crippen LogP contribution in [0.3, 0.4) is 0 Å². The van der Waals surface area contributed by atoms with E-state index in [-0.39, 0.29) is 63.2 Å². The van der Waals surface area contributed by atoms with Crippen LogP contribution in [0, 0.1) is 0 Å². The quantitative estimate of drug-likeness (QED) is 0.158. The molecule has 3 heterocycles. The molecular weight excluding hydrogens is 552 g/mol. The molecule has 4 aromatic carbocycles. The predicted molar refractivity (Wildman–Crippen MR) is 141 cm³/mol. The Labute approximate surface area is 236 Å². The summed E-state index contributed by atoms with van der Waals surface area (Å²) >= 11 is 0. The third-order valence-electron chi connectivity index (χ3n) is 8.04. The summed E-state index contributed by atoms with van der Waals surface area (Å²) in [4.78, 5) is 0. The first-order valence-corrected chi connectivity index (χ1v) is 12.9. The van der Waals surface area contributed by atoms with Gasteiger partial charge in [-0.05, 0) is 35.9 Å². The molecule has 3 aliphatic rings. The molecular formula is C30H24O12. The van der Waals surface area contributed by atoms with E-state index < -0.39 is 53.0 Å². The van der Waals surface area contributed by atoms with E-state index in [4.69, 9.17) is 14.2 Å². The van der Waals surface area contributed by atoms with E-state index in [0.717, 1.165) is 12.1 Å². The smallest absolute Gasteiger partial charge is 0.305 e. The average molecular weight is 577 g/mol. The van der Waals surface area contributed by atoms with E-state index in [0.29, 0.717) is 5.56 Å². The van der Waals surface area contributed by atoms with Crippen LogP contribution in [0.15, 0.2) is 54.6 Å². The van der Waals surface area contributed by atoms with Crippen molar-refractivity contribution in [1.82, 2.24) is 0 Å². The molecule has 3 aliphatic heterocycles. The van der Waals surface area contributed by atoms with Crippen molar-refractivity contribution in [1.29, 1.82) is 0 Å². The van der Waals surface area contributed by atoms with E-state index in [1.54, 1.807) is 0 Å². The Bertz CT molecular complexity index is 1790. The van der Waals surface area contributed by atoms with Gasteiger partial charge in [0.25, 0.3) is 0 Å². The van der Waals surface area contributed by atoms with Crippen LogP contribution in [-0.4, -0.2) is 58.2 Å². The number of phenolic OH excluding ortho intramolecular Hbond substituents is 7. The van der Waals surface area contributed by atoms with Crippen molar-refractivity contribution in [3.05, 3.63) is 82.4 Å². The molecule has 2 bridgehead atoms. The highest BCUT2D eigenvalue weighted by atomic mass is 16.7. The third-order valence-corrected chi connectivity index (χ3v) is 8.04. The number of ether oxygens (including phenoxy) is 3. The fraction of sp³-hybridized carbons (Fsp3) is 0.200. The zero-order valence-electron chi connectivity index (χ0n) is 21.5. The molecule has 0 amide bonds. The highest BCUT2D eigenvalue weighted by Crippen LogP contribution is 2.61. The average Bonchev–Trinajstić information content (AvgIpc) is 2.92. The molecule has 0 radical (unpaired) electrons. The second kappa shape index (κ2) is 8.65. The van der Waals surface area contributed by atoms with Crippen LogP contribution >= 0.6 is 0 Å². The first-order valence-electron chi connectivity index (χ1n) is 12.9. The lowest BCUT2D eigenvalue weighted by Gasteiger charge is -2.50. The summed E-state index contributed by atoms with van der Waals surface area (Å²) in [6, 6.07) is 11.3. The van der Waals surface area contributed by atoms with E-state index >= 15 is 0 Å². The Morgan fingerprint density at radius 2 is 1.31 bits per heavy atom. The van der Waals surface area contributed by atoms with Crippen molar-refractivity contribution >= 4 is 0 Å². The number of benzene rings is 4.